The molecule has 26 heavy (non-hydrogen) atoms. The van der Waals surface area contributed by atoms with Crippen molar-refractivity contribution in [3.05, 3.63) is 34.4 Å². The van der Waals surface area contributed by atoms with Crippen LogP contribution < -0.4 is 10.2 Å². The molecule has 0 radical (unpaired) electrons. The van der Waals surface area contributed by atoms with Crippen LogP contribution >= 0.6 is 23.2 Å². The van der Waals surface area contributed by atoms with Crippen LogP contribution in [0.3, 0.4) is 0 Å². The quantitative estimate of drug-likeness (QED) is 0.848. The number of piperazine rings is 1. The number of carbonyl (C=O) groups is 1. The van der Waals surface area contributed by atoms with Gasteiger partial charge in [-0.3, -0.25) is 0 Å². The predicted octanol–water partition coefficient (Wildman–Crippen LogP) is 3.20. The number of nitrogens with zero attached hydrogens (tertiary/aromatic N) is 5. The van der Waals surface area contributed by atoms with E-state index in [9.17, 15) is 4.79 Å². The summed E-state index contributed by atoms with van der Waals surface area (Å²) in [5, 5.41) is 12.1. The lowest BCUT2D eigenvalue weighted by atomic mass is 10.3. The maximum absolute atomic E-state index is 11.8. The number of nitrogens with one attached hydrogen (secondary N) is 1. The fourth-order valence-electron chi connectivity index (χ4n) is 2.55. The van der Waals surface area contributed by atoms with Gasteiger partial charge >= 0.3 is 6.09 Å². The van der Waals surface area contributed by atoms with Gasteiger partial charge in [0.2, 0.25) is 5.95 Å². The Hall–Kier alpha value is -2.32. The number of amides is 1. The van der Waals surface area contributed by atoms with Crippen LogP contribution in [0.2, 0.25) is 10.0 Å². The minimum atomic E-state index is -0.286. The molecule has 1 N–H and O–H groups in total. The zero-order valence-corrected chi connectivity index (χ0v) is 15.7. The molecule has 10 heteroatoms. The molecule has 2 heterocycles. The van der Waals surface area contributed by atoms with Gasteiger partial charge in [0.15, 0.2) is 5.82 Å². The second-order valence-corrected chi connectivity index (χ2v) is 6.40. The Kier molecular flexibility index (Phi) is 5.95. The second kappa shape index (κ2) is 8.37. The van der Waals surface area contributed by atoms with E-state index in [1.807, 2.05) is 4.90 Å². The number of benzene rings is 1. The minimum absolute atomic E-state index is 0.286. The van der Waals surface area contributed by atoms with Crippen molar-refractivity contribution in [3.63, 3.8) is 0 Å². The van der Waals surface area contributed by atoms with Gasteiger partial charge in [-0.2, -0.15) is 10.1 Å². The van der Waals surface area contributed by atoms with E-state index in [0.717, 1.165) is 0 Å². The van der Waals surface area contributed by atoms with E-state index in [-0.39, 0.29) is 6.09 Å². The van der Waals surface area contributed by atoms with Crippen LogP contribution in [-0.2, 0) is 4.74 Å². The average molecular weight is 397 g/mol. The van der Waals surface area contributed by atoms with Gasteiger partial charge in [-0.25, -0.2) is 4.79 Å². The summed E-state index contributed by atoms with van der Waals surface area (Å²) >= 11 is 12.1. The Morgan fingerprint density at radius 1 is 1.27 bits per heavy atom. The minimum Gasteiger partial charge on any atom is -0.450 e. The van der Waals surface area contributed by atoms with E-state index >= 15 is 0 Å². The zero-order chi connectivity index (χ0) is 18.5. The maximum Gasteiger partial charge on any atom is 0.409 e. The number of anilines is 3. The number of hydrogen-bond acceptors (Lipinski definition) is 7. The van der Waals surface area contributed by atoms with Crippen molar-refractivity contribution in [2.24, 2.45) is 0 Å². The van der Waals surface area contributed by atoms with E-state index in [1.165, 1.54) is 0 Å². The molecule has 0 unspecified atom stereocenters. The summed E-state index contributed by atoms with van der Waals surface area (Å²) in [5.41, 5.74) is 0.602. The average Bonchev–Trinajstić information content (AvgIpc) is 2.65. The number of rotatable bonds is 4. The molecule has 1 aliphatic heterocycles. The molecule has 8 nitrogen and oxygen atoms in total. The van der Waals surface area contributed by atoms with E-state index in [0.29, 0.717) is 60.3 Å². The van der Waals surface area contributed by atoms with Gasteiger partial charge in [0.1, 0.15) is 0 Å². The molecule has 1 aromatic heterocycles. The fraction of sp³-hybridized carbons (Fsp3) is 0.375. The first kappa shape index (κ1) is 18.5. The van der Waals surface area contributed by atoms with Crippen molar-refractivity contribution >= 4 is 46.7 Å². The number of carbonyl (C=O) groups excluding carboxylic acids is 1. The van der Waals surface area contributed by atoms with Gasteiger partial charge < -0.3 is 19.9 Å². The Balaban J connectivity index is 1.66. The van der Waals surface area contributed by atoms with Crippen molar-refractivity contribution in [2.75, 3.05) is 43.0 Å². The molecule has 1 aromatic carbocycles. The normalized spacial score (nSPS) is 14.3. The summed E-state index contributed by atoms with van der Waals surface area (Å²) in [6, 6.07) is 5.09. The van der Waals surface area contributed by atoms with E-state index in [1.54, 1.807) is 36.2 Å². The van der Waals surface area contributed by atoms with Gasteiger partial charge in [-0.15, -0.1) is 5.10 Å². The first-order chi connectivity index (χ1) is 12.6. The Morgan fingerprint density at radius 3 is 2.77 bits per heavy atom. The summed E-state index contributed by atoms with van der Waals surface area (Å²) in [5.74, 6) is 0.989. The SMILES string of the molecule is CCOC(=O)N1CCN(c2cnnc(Nc3cc(Cl)ccc3Cl)n2)CC1. The molecule has 0 aliphatic carbocycles. The van der Waals surface area contributed by atoms with Crippen molar-refractivity contribution in [2.45, 2.75) is 6.92 Å². The van der Waals surface area contributed by atoms with Crippen LogP contribution in [0, 0.1) is 0 Å². The van der Waals surface area contributed by atoms with Gasteiger partial charge in [-0.1, -0.05) is 23.2 Å². The lowest BCUT2D eigenvalue weighted by molar-refractivity contribution is 0.105. The standard InChI is InChI=1S/C16H18Cl2N6O2/c1-2-26-16(25)24-7-5-23(6-8-24)14-10-19-22-15(21-14)20-13-9-11(17)3-4-12(13)18/h3-4,9-10H,2,5-8H2,1H3,(H,20,21,22). The predicted molar refractivity (Wildman–Crippen MR) is 100 cm³/mol. The van der Waals surface area contributed by atoms with Gasteiger partial charge in [0.05, 0.1) is 23.5 Å². The molecule has 0 saturated carbocycles. The summed E-state index contributed by atoms with van der Waals surface area (Å²) < 4.78 is 5.03. The number of aromatic nitrogens is 3. The van der Waals surface area contributed by atoms with Gasteiger partial charge in [0.25, 0.3) is 0 Å². The van der Waals surface area contributed by atoms with Crippen molar-refractivity contribution < 1.29 is 9.53 Å². The first-order valence-corrected chi connectivity index (χ1v) is 8.91. The third kappa shape index (κ3) is 4.44. The van der Waals surface area contributed by atoms with Crippen molar-refractivity contribution in [3.8, 4) is 0 Å². The van der Waals surface area contributed by atoms with Gasteiger partial charge in [-0.05, 0) is 25.1 Å². The molecular weight excluding hydrogens is 379 g/mol. The second-order valence-electron chi connectivity index (χ2n) is 5.56. The van der Waals surface area contributed by atoms with Crippen LogP contribution in [0.15, 0.2) is 24.4 Å². The molecule has 1 aliphatic rings. The van der Waals surface area contributed by atoms with Crippen LogP contribution in [0.5, 0.6) is 0 Å². The van der Waals surface area contributed by atoms with Crippen LogP contribution in [0.1, 0.15) is 6.92 Å². The lowest BCUT2D eigenvalue weighted by Gasteiger charge is -2.34. The Morgan fingerprint density at radius 2 is 2.04 bits per heavy atom. The molecule has 1 fully saturated rings. The van der Waals surface area contributed by atoms with E-state index in [4.69, 9.17) is 27.9 Å². The highest BCUT2D eigenvalue weighted by molar-refractivity contribution is 6.35. The van der Waals surface area contributed by atoms with Crippen molar-refractivity contribution in [1.82, 2.24) is 20.1 Å². The monoisotopic (exact) mass is 396 g/mol. The largest absolute Gasteiger partial charge is 0.450 e. The topological polar surface area (TPSA) is 83.5 Å². The number of halogens is 2. The number of hydrogen-bond donors (Lipinski definition) is 1. The van der Waals surface area contributed by atoms with E-state index < -0.39 is 0 Å². The molecular formula is C16H18Cl2N6O2. The Labute approximate surface area is 161 Å². The third-order valence-corrected chi connectivity index (χ3v) is 4.42. The summed E-state index contributed by atoms with van der Waals surface area (Å²) in [6.07, 6.45) is 1.30. The van der Waals surface area contributed by atoms with Crippen LogP contribution in [-0.4, -0.2) is 59.0 Å². The van der Waals surface area contributed by atoms with Crippen LogP contribution in [0.4, 0.5) is 22.2 Å². The molecule has 1 saturated heterocycles. The highest BCUT2D eigenvalue weighted by atomic mass is 35.5. The third-order valence-electron chi connectivity index (χ3n) is 3.85. The lowest BCUT2D eigenvalue weighted by Crippen LogP contribution is -2.49. The molecule has 3 rings (SSSR count). The molecule has 0 atom stereocenters. The summed E-state index contributed by atoms with van der Waals surface area (Å²) in [4.78, 5) is 20.0. The molecule has 2 aromatic rings. The first-order valence-electron chi connectivity index (χ1n) is 8.15. The maximum atomic E-state index is 11.8. The van der Waals surface area contributed by atoms with Gasteiger partial charge in [0, 0.05) is 31.2 Å². The molecule has 0 spiro atoms. The smallest absolute Gasteiger partial charge is 0.409 e. The fourth-order valence-corrected chi connectivity index (χ4v) is 2.88. The van der Waals surface area contributed by atoms with E-state index in [2.05, 4.69) is 20.5 Å². The zero-order valence-electron chi connectivity index (χ0n) is 14.2. The van der Waals surface area contributed by atoms with Crippen molar-refractivity contribution in [1.29, 1.82) is 0 Å². The molecule has 1 amide bonds. The number of ether oxygens (including phenoxy) is 1. The Bertz CT molecular complexity index is 783. The van der Waals surface area contributed by atoms with Crippen LogP contribution in [0.25, 0.3) is 0 Å². The summed E-state index contributed by atoms with van der Waals surface area (Å²) in [6.45, 7) is 4.55. The summed E-state index contributed by atoms with van der Waals surface area (Å²) in [7, 11) is 0. The molecule has 138 valence electrons. The molecule has 0 bridgehead atoms. The highest BCUT2D eigenvalue weighted by Gasteiger charge is 2.23. The highest BCUT2D eigenvalue weighted by Crippen LogP contribution is 2.27.